The predicted octanol–water partition coefficient (Wildman–Crippen LogP) is 2.04. The first-order valence-electron chi connectivity index (χ1n) is 6.05. The van der Waals surface area contributed by atoms with Gasteiger partial charge in [-0.25, -0.2) is 0 Å². The van der Waals surface area contributed by atoms with Crippen LogP contribution in [0.4, 0.5) is 0 Å². The van der Waals surface area contributed by atoms with Gasteiger partial charge in [0.25, 0.3) is 0 Å². The molecule has 2 N–H and O–H groups in total. The molecule has 0 radical (unpaired) electrons. The number of nitrogens with two attached hydrogens (primary N) is 1. The maximum atomic E-state index is 11.7. The Bertz CT molecular complexity index is 576. The SMILES string of the molecule is CN(C)CCc1ccc2ccccc2c1C(N)=O. The Labute approximate surface area is 107 Å². The molecule has 2 aromatic rings. The zero-order chi connectivity index (χ0) is 13.1. The van der Waals surface area contributed by atoms with Crippen LogP contribution in [0.15, 0.2) is 36.4 Å². The van der Waals surface area contributed by atoms with Gasteiger partial charge in [0, 0.05) is 6.54 Å². The quantitative estimate of drug-likeness (QED) is 0.891. The lowest BCUT2D eigenvalue weighted by molar-refractivity contribution is 0.100. The molecule has 18 heavy (non-hydrogen) atoms. The lowest BCUT2D eigenvalue weighted by Crippen LogP contribution is -2.19. The second-order valence-electron chi connectivity index (χ2n) is 4.74. The Balaban J connectivity index is 2.52. The summed E-state index contributed by atoms with van der Waals surface area (Å²) in [6.45, 7) is 0.901. The summed E-state index contributed by atoms with van der Waals surface area (Å²) in [7, 11) is 4.04. The van der Waals surface area contributed by atoms with Crippen molar-refractivity contribution in [3.8, 4) is 0 Å². The molecule has 0 bridgehead atoms. The monoisotopic (exact) mass is 242 g/mol. The van der Waals surface area contributed by atoms with Crippen LogP contribution < -0.4 is 5.73 Å². The van der Waals surface area contributed by atoms with Crippen LogP contribution >= 0.6 is 0 Å². The molecule has 0 aliphatic heterocycles. The van der Waals surface area contributed by atoms with Crippen molar-refractivity contribution in [2.75, 3.05) is 20.6 Å². The Morgan fingerprint density at radius 2 is 1.89 bits per heavy atom. The van der Waals surface area contributed by atoms with Gasteiger partial charge in [0.1, 0.15) is 0 Å². The minimum atomic E-state index is -0.347. The molecule has 1 amide bonds. The van der Waals surface area contributed by atoms with Crippen molar-refractivity contribution in [3.63, 3.8) is 0 Å². The molecular weight excluding hydrogens is 224 g/mol. The zero-order valence-electron chi connectivity index (χ0n) is 10.8. The molecular formula is C15H18N2O. The van der Waals surface area contributed by atoms with E-state index in [9.17, 15) is 4.79 Å². The molecule has 0 fully saturated rings. The van der Waals surface area contributed by atoms with Gasteiger partial charge in [-0.15, -0.1) is 0 Å². The maximum Gasteiger partial charge on any atom is 0.249 e. The second-order valence-corrected chi connectivity index (χ2v) is 4.74. The van der Waals surface area contributed by atoms with Crippen LogP contribution in [-0.2, 0) is 6.42 Å². The molecule has 3 nitrogen and oxygen atoms in total. The van der Waals surface area contributed by atoms with Gasteiger partial charge in [0.15, 0.2) is 0 Å². The third-order valence-corrected chi connectivity index (χ3v) is 3.09. The van der Waals surface area contributed by atoms with Gasteiger partial charge in [-0.05, 0) is 36.9 Å². The summed E-state index contributed by atoms with van der Waals surface area (Å²) < 4.78 is 0. The van der Waals surface area contributed by atoms with Crippen LogP contribution in [0.25, 0.3) is 10.8 Å². The minimum Gasteiger partial charge on any atom is -0.366 e. The van der Waals surface area contributed by atoms with Crippen LogP contribution in [0.3, 0.4) is 0 Å². The standard InChI is InChI=1S/C15H18N2O/c1-17(2)10-9-12-8-7-11-5-3-4-6-13(11)14(12)15(16)18/h3-8H,9-10H2,1-2H3,(H2,16,18). The van der Waals surface area contributed by atoms with E-state index in [1.165, 1.54) is 0 Å². The smallest absolute Gasteiger partial charge is 0.249 e. The van der Waals surface area contributed by atoms with Crippen LogP contribution in [0.1, 0.15) is 15.9 Å². The van der Waals surface area contributed by atoms with E-state index in [4.69, 9.17) is 5.73 Å². The van der Waals surface area contributed by atoms with Crippen molar-refractivity contribution in [2.45, 2.75) is 6.42 Å². The number of benzene rings is 2. The normalized spacial score (nSPS) is 11.1. The molecule has 94 valence electrons. The molecule has 0 aromatic heterocycles. The first kappa shape index (κ1) is 12.6. The van der Waals surface area contributed by atoms with Gasteiger partial charge in [-0.1, -0.05) is 36.4 Å². The highest BCUT2D eigenvalue weighted by Gasteiger charge is 2.12. The summed E-state index contributed by atoms with van der Waals surface area (Å²) >= 11 is 0. The number of carbonyl (C=O) groups excluding carboxylic acids is 1. The molecule has 3 heteroatoms. The van der Waals surface area contributed by atoms with E-state index in [0.29, 0.717) is 5.56 Å². The summed E-state index contributed by atoms with van der Waals surface area (Å²) in [4.78, 5) is 13.8. The van der Waals surface area contributed by atoms with Crippen LogP contribution in [0.5, 0.6) is 0 Å². The van der Waals surface area contributed by atoms with Gasteiger partial charge in [-0.3, -0.25) is 4.79 Å². The summed E-state index contributed by atoms with van der Waals surface area (Å²) in [5.41, 5.74) is 7.22. The number of hydrogen-bond acceptors (Lipinski definition) is 2. The third kappa shape index (κ3) is 2.51. The molecule has 0 heterocycles. The lowest BCUT2D eigenvalue weighted by Gasteiger charge is -2.13. The largest absolute Gasteiger partial charge is 0.366 e. The Hall–Kier alpha value is -1.87. The van der Waals surface area contributed by atoms with Crippen LogP contribution in [0.2, 0.25) is 0 Å². The van der Waals surface area contributed by atoms with E-state index < -0.39 is 0 Å². The average molecular weight is 242 g/mol. The maximum absolute atomic E-state index is 11.7. The van der Waals surface area contributed by atoms with Crippen molar-refractivity contribution in [3.05, 3.63) is 47.5 Å². The summed E-state index contributed by atoms with van der Waals surface area (Å²) in [5.74, 6) is -0.347. The van der Waals surface area contributed by atoms with Gasteiger partial charge in [0.2, 0.25) is 5.91 Å². The van der Waals surface area contributed by atoms with Crippen molar-refractivity contribution in [1.29, 1.82) is 0 Å². The molecule has 0 aliphatic rings. The van der Waals surface area contributed by atoms with Crippen molar-refractivity contribution in [1.82, 2.24) is 4.90 Å². The van der Waals surface area contributed by atoms with E-state index in [1.807, 2.05) is 50.5 Å². The fourth-order valence-electron chi connectivity index (χ4n) is 2.16. The number of primary amides is 1. The van der Waals surface area contributed by atoms with Gasteiger partial charge in [-0.2, -0.15) is 0 Å². The summed E-state index contributed by atoms with van der Waals surface area (Å²) in [6, 6.07) is 11.9. The first-order valence-corrected chi connectivity index (χ1v) is 6.05. The summed E-state index contributed by atoms with van der Waals surface area (Å²) in [5, 5.41) is 2.00. The Morgan fingerprint density at radius 1 is 1.17 bits per heavy atom. The average Bonchev–Trinajstić information content (AvgIpc) is 2.35. The third-order valence-electron chi connectivity index (χ3n) is 3.09. The molecule has 0 saturated heterocycles. The fraction of sp³-hybridized carbons (Fsp3) is 0.267. The van der Waals surface area contributed by atoms with Gasteiger partial charge >= 0.3 is 0 Å². The molecule has 0 atom stereocenters. The molecule has 0 saturated carbocycles. The van der Waals surface area contributed by atoms with E-state index in [-0.39, 0.29) is 5.91 Å². The number of amides is 1. The van der Waals surface area contributed by atoms with Crippen LogP contribution in [-0.4, -0.2) is 31.4 Å². The topological polar surface area (TPSA) is 46.3 Å². The van der Waals surface area contributed by atoms with E-state index in [0.717, 1.165) is 29.3 Å². The Kier molecular flexibility index (Phi) is 3.63. The van der Waals surface area contributed by atoms with E-state index in [2.05, 4.69) is 4.90 Å². The predicted molar refractivity (Wildman–Crippen MR) is 74.7 cm³/mol. The lowest BCUT2D eigenvalue weighted by atomic mass is 9.96. The van der Waals surface area contributed by atoms with Crippen molar-refractivity contribution < 1.29 is 4.79 Å². The fourth-order valence-corrected chi connectivity index (χ4v) is 2.16. The highest BCUT2D eigenvalue weighted by molar-refractivity contribution is 6.07. The highest BCUT2D eigenvalue weighted by Crippen LogP contribution is 2.22. The van der Waals surface area contributed by atoms with Gasteiger partial charge < -0.3 is 10.6 Å². The molecule has 2 rings (SSSR count). The van der Waals surface area contributed by atoms with Crippen molar-refractivity contribution >= 4 is 16.7 Å². The number of likely N-dealkylation sites (N-methyl/N-ethyl adjacent to an activating group) is 1. The number of rotatable bonds is 4. The first-order chi connectivity index (χ1) is 8.59. The second kappa shape index (κ2) is 5.19. The zero-order valence-corrected chi connectivity index (χ0v) is 10.8. The summed E-state index contributed by atoms with van der Waals surface area (Å²) in [6.07, 6.45) is 0.829. The number of fused-ring (bicyclic) bond motifs is 1. The van der Waals surface area contributed by atoms with E-state index >= 15 is 0 Å². The Morgan fingerprint density at radius 3 is 2.56 bits per heavy atom. The van der Waals surface area contributed by atoms with Crippen LogP contribution in [0, 0.1) is 0 Å². The highest BCUT2D eigenvalue weighted by atomic mass is 16.1. The minimum absolute atomic E-state index is 0.347. The molecule has 0 spiro atoms. The van der Waals surface area contributed by atoms with E-state index in [1.54, 1.807) is 0 Å². The molecule has 0 aliphatic carbocycles. The number of carbonyl (C=O) groups is 1. The molecule has 2 aromatic carbocycles. The van der Waals surface area contributed by atoms with Crippen molar-refractivity contribution in [2.24, 2.45) is 5.73 Å². The number of hydrogen-bond donors (Lipinski definition) is 1. The molecule has 0 unspecified atom stereocenters. The van der Waals surface area contributed by atoms with Gasteiger partial charge in [0.05, 0.1) is 5.56 Å². The number of nitrogens with zero attached hydrogens (tertiary/aromatic N) is 1.